The molecule has 0 unspecified atom stereocenters. The fraction of sp³-hybridized carbons (Fsp3) is 0. The zero-order valence-corrected chi connectivity index (χ0v) is 10.2. The molecular weight excluding hydrogens is 267 g/mol. The van der Waals surface area contributed by atoms with Gasteiger partial charge in [-0.3, -0.25) is 4.79 Å². The average molecular weight is 273 g/mol. The molecule has 16 heavy (non-hydrogen) atoms. The van der Waals surface area contributed by atoms with Gasteiger partial charge in [0.2, 0.25) is 0 Å². The van der Waals surface area contributed by atoms with Gasteiger partial charge in [-0.25, -0.2) is 4.98 Å². The van der Waals surface area contributed by atoms with E-state index >= 15 is 0 Å². The summed E-state index contributed by atoms with van der Waals surface area (Å²) in [7, 11) is 0. The SMILES string of the molecule is NC(=O)c1nc(-c2cc(Cl)cc(Cl)c2)cs1. The predicted octanol–water partition coefficient (Wildman–Crippen LogP) is 3.22. The van der Waals surface area contributed by atoms with Gasteiger partial charge in [-0.15, -0.1) is 11.3 Å². The highest BCUT2D eigenvalue weighted by Gasteiger charge is 2.09. The third-order valence-electron chi connectivity index (χ3n) is 1.87. The summed E-state index contributed by atoms with van der Waals surface area (Å²) in [5, 5.41) is 3.06. The minimum Gasteiger partial charge on any atom is -0.364 e. The predicted molar refractivity (Wildman–Crippen MR) is 66.1 cm³/mol. The fourth-order valence-electron chi connectivity index (χ4n) is 1.22. The van der Waals surface area contributed by atoms with Crippen LogP contribution >= 0.6 is 34.5 Å². The van der Waals surface area contributed by atoms with Gasteiger partial charge in [0.1, 0.15) is 0 Å². The molecule has 1 amide bonds. The number of benzene rings is 1. The summed E-state index contributed by atoms with van der Waals surface area (Å²) in [5.74, 6) is -0.538. The van der Waals surface area contributed by atoms with Crippen LogP contribution in [0.1, 0.15) is 9.80 Å². The second kappa shape index (κ2) is 4.41. The van der Waals surface area contributed by atoms with Gasteiger partial charge >= 0.3 is 0 Å². The number of thiazole rings is 1. The molecule has 1 heterocycles. The number of carbonyl (C=O) groups excluding carboxylic acids is 1. The molecule has 0 aliphatic carbocycles. The van der Waals surface area contributed by atoms with Crippen LogP contribution < -0.4 is 5.73 Å². The van der Waals surface area contributed by atoms with Gasteiger partial charge in [-0.1, -0.05) is 23.2 Å². The quantitative estimate of drug-likeness (QED) is 0.913. The van der Waals surface area contributed by atoms with Crippen molar-refractivity contribution in [2.24, 2.45) is 5.73 Å². The zero-order chi connectivity index (χ0) is 11.7. The van der Waals surface area contributed by atoms with Crippen molar-refractivity contribution in [2.45, 2.75) is 0 Å². The highest BCUT2D eigenvalue weighted by atomic mass is 35.5. The number of nitrogens with zero attached hydrogens (tertiary/aromatic N) is 1. The number of carbonyl (C=O) groups is 1. The number of halogens is 2. The summed E-state index contributed by atoms with van der Waals surface area (Å²) in [4.78, 5) is 15.0. The van der Waals surface area contributed by atoms with Crippen molar-refractivity contribution in [2.75, 3.05) is 0 Å². The van der Waals surface area contributed by atoms with Crippen molar-refractivity contribution in [1.29, 1.82) is 0 Å². The second-order valence-corrected chi connectivity index (χ2v) is 4.79. The minimum absolute atomic E-state index is 0.270. The molecule has 0 aliphatic rings. The molecule has 0 spiro atoms. The van der Waals surface area contributed by atoms with E-state index in [1.807, 2.05) is 0 Å². The summed E-state index contributed by atoms with van der Waals surface area (Å²) in [5.41, 5.74) is 6.53. The molecule has 0 saturated carbocycles. The molecule has 1 aromatic heterocycles. The van der Waals surface area contributed by atoms with Crippen LogP contribution in [0.3, 0.4) is 0 Å². The van der Waals surface area contributed by atoms with Crippen LogP contribution in [0, 0.1) is 0 Å². The van der Waals surface area contributed by atoms with Crippen LogP contribution in [-0.4, -0.2) is 10.9 Å². The molecule has 0 saturated heterocycles. The molecule has 2 aromatic rings. The lowest BCUT2D eigenvalue weighted by molar-refractivity contribution is 0.1000. The van der Waals surface area contributed by atoms with Crippen LogP contribution in [0.4, 0.5) is 0 Å². The number of hydrogen-bond acceptors (Lipinski definition) is 3. The smallest absolute Gasteiger partial charge is 0.277 e. The zero-order valence-electron chi connectivity index (χ0n) is 7.91. The Morgan fingerprint density at radius 1 is 1.25 bits per heavy atom. The van der Waals surface area contributed by atoms with Gasteiger partial charge in [-0.05, 0) is 18.2 Å². The summed E-state index contributed by atoms with van der Waals surface area (Å²) in [6.07, 6.45) is 0. The number of aromatic nitrogens is 1. The standard InChI is InChI=1S/C10H6Cl2N2OS/c11-6-1-5(2-7(12)3-6)8-4-16-10(14-8)9(13)15/h1-4H,(H2,13,15). The Kier molecular flexibility index (Phi) is 3.14. The van der Waals surface area contributed by atoms with Crippen molar-refractivity contribution in [3.8, 4) is 11.3 Å². The van der Waals surface area contributed by atoms with Gasteiger partial charge < -0.3 is 5.73 Å². The molecule has 0 aliphatic heterocycles. The van der Waals surface area contributed by atoms with Crippen molar-refractivity contribution in [3.05, 3.63) is 38.6 Å². The first-order valence-electron chi connectivity index (χ1n) is 4.28. The molecule has 2 N–H and O–H groups in total. The molecule has 6 heteroatoms. The van der Waals surface area contributed by atoms with E-state index in [-0.39, 0.29) is 5.01 Å². The first-order valence-corrected chi connectivity index (χ1v) is 5.91. The molecule has 1 aromatic carbocycles. The lowest BCUT2D eigenvalue weighted by Gasteiger charge is -1.98. The molecule has 0 fully saturated rings. The minimum atomic E-state index is -0.538. The maximum atomic E-state index is 10.9. The van der Waals surface area contributed by atoms with E-state index in [1.165, 1.54) is 11.3 Å². The topological polar surface area (TPSA) is 56.0 Å². The van der Waals surface area contributed by atoms with E-state index in [9.17, 15) is 4.79 Å². The van der Waals surface area contributed by atoms with Gasteiger partial charge in [0.05, 0.1) is 5.69 Å². The monoisotopic (exact) mass is 272 g/mol. The van der Waals surface area contributed by atoms with Crippen molar-refractivity contribution in [1.82, 2.24) is 4.98 Å². The third-order valence-corrected chi connectivity index (χ3v) is 3.17. The van der Waals surface area contributed by atoms with E-state index in [2.05, 4.69) is 4.98 Å². The highest BCUT2D eigenvalue weighted by Crippen LogP contribution is 2.27. The van der Waals surface area contributed by atoms with E-state index in [4.69, 9.17) is 28.9 Å². The third kappa shape index (κ3) is 2.35. The number of primary amides is 1. The lowest BCUT2D eigenvalue weighted by atomic mass is 10.2. The largest absolute Gasteiger partial charge is 0.364 e. The maximum absolute atomic E-state index is 10.9. The fourth-order valence-corrected chi connectivity index (χ4v) is 2.43. The molecule has 0 radical (unpaired) electrons. The molecule has 0 bridgehead atoms. The molecule has 82 valence electrons. The van der Waals surface area contributed by atoms with E-state index in [0.29, 0.717) is 15.7 Å². The Morgan fingerprint density at radius 2 is 1.88 bits per heavy atom. The summed E-state index contributed by atoms with van der Waals surface area (Å²) < 4.78 is 0. The number of nitrogens with two attached hydrogens (primary N) is 1. The van der Waals surface area contributed by atoms with Crippen molar-refractivity contribution >= 4 is 40.4 Å². The Bertz CT molecular complexity index is 533. The van der Waals surface area contributed by atoms with Crippen LogP contribution in [0.5, 0.6) is 0 Å². The summed E-state index contributed by atoms with van der Waals surface area (Å²) >= 11 is 12.9. The normalized spacial score (nSPS) is 10.4. The summed E-state index contributed by atoms with van der Waals surface area (Å²) in [6.45, 7) is 0. The van der Waals surface area contributed by atoms with Crippen molar-refractivity contribution < 1.29 is 4.79 Å². The van der Waals surface area contributed by atoms with E-state index < -0.39 is 5.91 Å². The van der Waals surface area contributed by atoms with E-state index in [0.717, 1.165) is 5.56 Å². The molecule has 3 nitrogen and oxygen atoms in total. The van der Waals surface area contributed by atoms with Crippen LogP contribution in [0.25, 0.3) is 11.3 Å². The molecule has 2 rings (SSSR count). The molecular formula is C10H6Cl2N2OS. The van der Waals surface area contributed by atoms with Crippen LogP contribution in [0.2, 0.25) is 10.0 Å². The van der Waals surface area contributed by atoms with Crippen molar-refractivity contribution in [3.63, 3.8) is 0 Å². The molecule has 0 atom stereocenters. The summed E-state index contributed by atoms with van der Waals surface area (Å²) in [6, 6.07) is 5.09. The first kappa shape index (κ1) is 11.4. The van der Waals surface area contributed by atoms with Gasteiger partial charge in [0, 0.05) is 21.0 Å². The van der Waals surface area contributed by atoms with Gasteiger partial charge in [-0.2, -0.15) is 0 Å². The first-order chi connectivity index (χ1) is 7.56. The lowest BCUT2D eigenvalue weighted by Crippen LogP contribution is -2.10. The van der Waals surface area contributed by atoms with Crippen LogP contribution in [-0.2, 0) is 0 Å². The Morgan fingerprint density at radius 3 is 2.38 bits per heavy atom. The highest BCUT2D eigenvalue weighted by molar-refractivity contribution is 7.12. The van der Waals surface area contributed by atoms with Crippen LogP contribution in [0.15, 0.2) is 23.6 Å². The average Bonchev–Trinajstić information content (AvgIpc) is 2.64. The number of amides is 1. The number of rotatable bonds is 2. The van der Waals surface area contributed by atoms with E-state index in [1.54, 1.807) is 23.6 Å². The van der Waals surface area contributed by atoms with Gasteiger partial charge in [0.25, 0.3) is 5.91 Å². The Labute approximate surface area is 106 Å². The number of hydrogen-bond donors (Lipinski definition) is 1. The van der Waals surface area contributed by atoms with Gasteiger partial charge in [0.15, 0.2) is 5.01 Å². The Balaban J connectivity index is 2.46. The second-order valence-electron chi connectivity index (χ2n) is 3.06. The Hall–Kier alpha value is -1.10. The maximum Gasteiger partial charge on any atom is 0.277 e.